The topological polar surface area (TPSA) is 78.2 Å². The van der Waals surface area contributed by atoms with Crippen molar-refractivity contribution in [2.75, 3.05) is 33.3 Å². The van der Waals surface area contributed by atoms with Gasteiger partial charge in [-0.15, -0.1) is 0 Å². The van der Waals surface area contributed by atoms with Crippen LogP contribution in [0.2, 0.25) is 0 Å². The van der Waals surface area contributed by atoms with E-state index in [-0.39, 0.29) is 5.91 Å². The third-order valence-corrected chi connectivity index (χ3v) is 4.74. The zero-order valence-electron chi connectivity index (χ0n) is 17.4. The third kappa shape index (κ3) is 3.96. The first-order chi connectivity index (χ1) is 14.0. The number of anilines is 1. The van der Waals surface area contributed by atoms with E-state index in [0.29, 0.717) is 34.3 Å². The molecule has 2 aromatic heterocycles. The molecule has 0 bridgehead atoms. The first-order valence-electron chi connectivity index (χ1n) is 9.45. The summed E-state index contributed by atoms with van der Waals surface area (Å²) in [6, 6.07) is 7.02. The molecule has 0 N–H and O–H groups in total. The molecule has 0 spiro atoms. The predicted molar refractivity (Wildman–Crippen MR) is 110 cm³/mol. The molecule has 0 fully saturated rings. The SMILES string of the molecule is CCCCc1cc(N(C)C(=O)c2cc(OC)c(OC)c(OC)c2)n2nccc2n1. The minimum Gasteiger partial charge on any atom is -0.493 e. The fourth-order valence-corrected chi connectivity index (χ4v) is 3.17. The number of aryl methyl sites for hydroxylation is 1. The molecule has 29 heavy (non-hydrogen) atoms. The van der Waals surface area contributed by atoms with Crippen LogP contribution in [0.1, 0.15) is 35.8 Å². The Morgan fingerprint density at radius 2 is 1.79 bits per heavy atom. The van der Waals surface area contributed by atoms with Crippen LogP contribution >= 0.6 is 0 Å². The number of aromatic nitrogens is 3. The number of ether oxygens (including phenoxy) is 3. The van der Waals surface area contributed by atoms with Crippen LogP contribution in [0.3, 0.4) is 0 Å². The van der Waals surface area contributed by atoms with E-state index in [0.717, 1.165) is 25.0 Å². The van der Waals surface area contributed by atoms with Gasteiger partial charge in [0.05, 0.1) is 27.5 Å². The summed E-state index contributed by atoms with van der Waals surface area (Å²) >= 11 is 0. The quantitative estimate of drug-likeness (QED) is 0.579. The van der Waals surface area contributed by atoms with Gasteiger partial charge in [0.1, 0.15) is 5.82 Å². The Hall–Kier alpha value is -3.29. The lowest BCUT2D eigenvalue weighted by molar-refractivity contribution is 0.0991. The molecule has 8 heteroatoms. The zero-order valence-corrected chi connectivity index (χ0v) is 17.4. The van der Waals surface area contributed by atoms with E-state index in [1.165, 1.54) is 21.3 Å². The molecule has 2 heterocycles. The van der Waals surface area contributed by atoms with Gasteiger partial charge in [-0.25, -0.2) is 4.98 Å². The fourth-order valence-electron chi connectivity index (χ4n) is 3.17. The predicted octanol–water partition coefficient (Wildman–Crippen LogP) is 3.37. The lowest BCUT2D eigenvalue weighted by atomic mass is 10.1. The van der Waals surface area contributed by atoms with E-state index in [9.17, 15) is 4.79 Å². The summed E-state index contributed by atoms with van der Waals surface area (Å²) in [6.45, 7) is 2.14. The highest BCUT2D eigenvalue weighted by Crippen LogP contribution is 2.38. The van der Waals surface area contributed by atoms with Gasteiger partial charge in [0.25, 0.3) is 5.91 Å². The van der Waals surface area contributed by atoms with Crippen molar-refractivity contribution in [2.45, 2.75) is 26.2 Å². The molecule has 0 saturated heterocycles. The van der Waals surface area contributed by atoms with Crippen LogP contribution in [0.4, 0.5) is 5.82 Å². The van der Waals surface area contributed by atoms with Crippen molar-refractivity contribution in [2.24, 2.45) is 0 Å². The summed E-state index contributed by atoms with van der Waals surface area (Å²) in [6.07, 6.45) is 4.62. The molecular weight excluding hydrogens is 372 g/mol. The molecule has 0 aliphatic heterocycles. The van der Waals surface area contributed by atoms with Crippen LogP contribution in [0.15, 0.2) is 30.5 Å². The highest BCUT2D eigenvalue weighted by Gasteiger charge is 2.22. The Bertz CT molecular complexity index is 990. The van der Waals surface area contributed by atoms with Gasteiger partial charge >= 0.3 is 0 Å². The molecule has 0 atom stereocenters. The molecule has 0 unspecified atom stereocenters. The number of carbonyl (C=O) groups excluding carboxylic acids is 1. The van der Waals surface area contributed by atoms with E-state index in [1.807, 2.05) is 12.1 Å². The summed E-state index contributed by atoms with van der Waals surface area (Å²) in [5, 5.41) is 4.32. The maximum atomic E-state index is 13.3. The Labute approximate surface area is 170 Å². The van der Waals surface area contributed by atoms with Gasteiger partial charge in [-0.1, -0.05) is 13.3 Å². The average Bonchev–Trinajstić information content (AvgIpc) is 3.23. The summed E-state index contributed by atoms with van der Waals surface area (Å²) in [7, 11) is 6.28. The second-order valence-electron chi connectivity index (χ2n) is 6.59. The van der Waals surface area contributed by atoms with Crippen molar-refractivity contribution >= 4 is 17.4 Å². The van der Waals surface area contributed by atoms with E-state index in [4.69, 9.17) is 14.2 Å². The lowest BCUT2D eigenvalue weighted by Crippen LogP contribution is -2.28. The number of hydrogen-bond acceptors (Lipinski definition) is 6. The number of fused-ring (bicyclic) bond motifs is 1. The van der Waals surface area contributed by atoms with Crippen molar-refractivity contribution in [3.8, 4) is 17.2 Å². The highest BCUT2D eigenvalue weighted by atomic mass is 16.5. The highest BCUT2D eigenvalue weighted by molar-refractivity contribution is 6.06. The van der Waals surface area contributed by atoms with E-state index in [1.54, 1.807) is 34.8 Å². The van der Waals surface area contributed by atoms with E-state index in [2.05, 4.69) is 17.0 Å². The summed E-state index contributed by atoms with van der Waals surface area (Å²) in [5.41, 5.74) is 2.05. The van der Waals surface area contributed by atoms with Crippen LogP contribution in [0, 0.1) is 0 Å². The smallest absolute Gasteiger partial charge is 0.259 e. The van der Waals surface area contributed by atoms with Crippen molar-refractivity contribution in [1.82, 2.24) is 14.6 Å². The summed E-state index contributed by atoms with van der Waals surface area (Å²) in [5.74, 6) is 1.70. The Kier molecular flexibility index (Phi) is 6.21. The lowest BCUT2D eigenvalue weighted by Gasteiger charge is -2.20. The maximum Gasteiger partial charge on any atom is 0.259 e. The Morgan fingerprint density at radius 3 is 2.38 bits per heavy atom. The van der Waals surface area contributed by atoms with Crippen molar-refractivity contribution in [3.05, 3.63) is 41.7 Å². The minimum atomic E-state index is -0.228. The first-order valence-corrected chi connectivity index (χ1v) is 9.45. The molecular formula is C21H26N4O4. The number of methoxy groups -OCH3 is 3. The second kappa shape index (κ2) is 8.81. The number of amides is 1. The van der Waals surface area contributed by atoms with Gasteiger partial charge < -0.3 is 14.2 Å². The first kappa shape index (κ1) is 20.4. The number of benzene rings is 1. The average molecular weight is 398 g/mol. The van der Waals surface area contributed by atoms with E-state index < -0.39 is 0 Å². The van der Waals surface area contributed by atoms with Crippen molar-refractivity contribution in [1.29, 1.82) is 0 Å². The van der Waals surface area contributed by atoms with Gasteiger partial charge in [0.15, 0.2) is 17.1 Å². The van der Waals surface area contributed by atoms with Gasteiger partial charge in [0, 0.05) is 30.4 Å². The summed E-state index contributed by atoms with van der Waals surface area (Å²) < 4.78 is 17.7. The number of carbonyl (C=O) groups is 1. The number of nitrogens with zero attached hydrogens (tertiary/aromatic N) is 4. The maximum absolute atomic E-state index is 13.3. The molecule has 1 aromatic carbocycles. The zero-order chi connectivity index (χ0) is 21.0. The monoisotopic (exact) mass is 398 g/mol. The molecule has 3 rings (SSSR count). The normalized spacial score (nSPS) is 10.8. The molecule has 0 aliphatic carbocycles. The van der Waals surface area contributed by atoms with Crippen LogP contribution < -0.4 is 19.1 Å². The number of rotatable bonds is 8. The molecule has 0 saturated carbocycles. The van der Waals surface area contributed by atoms with Gasteiger partial charge in [-0.2, -0.15) is 9.61 Å². The minimum absolute atomic E-state index is 0.228. The molecule has 0 aliphatic rings. The third-order valence-electron chi connectivity index (χ3n) is 4.74. The van der Waals surface area contributed by atoms with Crippen molar-refractivity contribution in [3.63, 3.8) is 0 Å². The molecule has 8 nitrogen and oxygen atoms in total. The number of hydrogen-bond donors (Lipinski definition) is 0. The number of unbranched alkanes of at least 4 members (excludes halogenated alkanes) is 1. The van der Waals surface area contributed by atoms with Gasteiger partial charge in [0.2, 0.25) is 5.75 Å². The van der Waals surface area contributed by atoms with Gasteiger partial charge in [-0.05, 0) is 25.0 Å². The standard InChI is InChI=1S/C21H26N4O4/c1-6-7-8-15-13-19(25-18(23-15)9-10-22-25)24(2)21(26)14-11-16(27-3)20(29-5)17(12-14)28-4/h9-13H,6-8H2,1-5H3. The second-order valence-corrected chi connectivity index (χ2v) is 6.59. The van der Waals surface area contributed by atoms with Crippen LogP contribution in [0.5, 0.6) is 17.2 Å². The van der Waals surface area contributed by atoms with Crippen LogP contribution in [0.25, 0.3) is 5.65 Å². The van der Waals surface area contributed by atoms with Crippen LogP contribution in [-0.2, 0) is 6.42 Å². The fraction of sp³-hybridized carbons (Fsp3) is 0.381. The molecule has 3 aromatic rings. The van der Waals surface area contributed by atoms with Crippen LogP contribution in [-0.4, -0.2) is 48.9 Å². The largest absolute Gasteiger partial charge is 0.493 e. The van der Waals surface area contributed by atoms with E-state index >= 15 is 0 Å². The van der Waals surface area contributed by atoms with Gasteiger partial charge in [-0.3, -0.25) is 9.69 Å². The Balaban J connectivity index is 2.03. The van der Waals surface area contributed by atoms with Crippen molar-refractivity contribution < 1.29 is 19.0 Å². The molecule has 1 amide bonds. The molecule has 154 valence electrons. The summed E-state index contributed by atoms with van der Waals surface area (Å²) in [4.78, 5) is 19.5. The molecule has 0 radical (unpaired) electrons. The Morgan fingerprint density at radius 1 is 1.10 bits per heavy atom.